The second kappa shape index (κ2) is 64.0. The van der Waals surface area contributed by atoms with Gasteiger partial charge in [-0.15, -0.1) is 0 Å². The van der Waals surface area contributed by atoms with Crippen LogP contribution >= 0.6 is 0 Å². The molecule has 8 aromatic rings. The minimum absolute atomic E-state index is 0.285. The summed E-state index contributed by atoms with van der Waals surface area (Å²) in [5, 5.41) is 2.62. The Kier molecular flexibility index (Phi) is 56.0. The van der Waals surface area contributed by atoms with Gasteiger partial charge in [-0.2, -0.15) is 0 Å². The molecule has 8 saturated heterocycles. The first-order valence-corrected chi connectivity index (χ1v) is 46.9. The molecule has 16 nitrogen and oxygen atoms in total. The Balaban J connectivity index is 0.000000293. The predicted molar refractivity (Wildman–Crippen MR) is 514 cm³/mol. The van der Waals surface area contributed by atoms with Gasteiger partial charge in [-0.3, -0.25) is 0 Å². The number of hydrogen-bond donors (Lipinski definition) is 0. The Morgan fingerprint density at radius 2 is 0.565 bits per heavy atom. The maximum Gasteiger partial charge on any atom is 0.125 e. The van der Waals surface area contributed by atoms with Crippen molar-refractivity contribution in [2.45, 2.75) is 253 Å². The van der Waals surface area contributed by atoms with E-state index in [1.807, 2.05) is 158 Å². The zero-order valence-electron chi connectivity index (χ0n) is 81.0. The highest BCUT2D eigenvalue weighted by atomic mass is 16.6. The molecule has 8 aromatic carbocycles. The number of fused-ring (bicyclic) bond motifs is 6. The first-order chi connectivity index (χ1) is 60.6. The van der Waals surface area contributed by atoms with E-state index in [0.717, 1.165) is 118 Å². The molecule has 0 amide bonds. The van der Waals surface area contributed by atoms with Gasteiger partial charge in [-0.25, -0.2) is 0 Å². The number of benzene rings is 8. The fraction of sp³-hybridized carbons (Fsp3) is 0.556. The van der Waals surface area contributed by atoms with Crippen molar-refractivity contribution in [3.63, 3.8) is 0 Å². The minimum atomic E-state index is 0.285. The lowest BCUT2D eigenvalue weighted by molar-refractivity contribution is 0.171. The quantitative estimate of drug-likeness (QED) is 0.0494. The number of methoxy groups -OCH3 is 2. The lowest BCUT2D eigenvalue weighted by atomic mass is 9.82. The molecule has 124 heavy (non-hydrogen) atoms. The van der Waals surface area contributed by atoms with E-state index in [-0.39, 0.29) is 12.2 Å². The van der Waals surface area contributed by atoms with E-state index in [1.54, 1.807) is 52.7 Å². The third kappa shape index (κ3) is 45.5. The molecule has 8 heterocycles. The van der Waals surface area contributed by atoms with Crippen LogP contribution in [0.25, 0.3) is 28.0 Å². The van der Waals surface area contributed by atoms with E-state index in [9.17, 15) is 0 Å². The molecular weight excluding hydrogens is 1550 g/mol. The molecule has 11 fully saturated rings. The Hall–Kier alpha value is -7.84. The summed E-state index contributed by atoms with van der Waals surface area (Å²) in [6, 6.07) is 57.8. The smallest absolute Gasteiger partial charge is 0.125 e. The molecule has 3 aliphatic carbocycles. The minimum Gasteiger partial charge on any atom is -0.491 e. The number of rotatable bonds is 25. The molecule has 12 unspecified atom stereocenters. The zero-order chi connectivity index (χ0) is 91.0. The molecule has 0 radical (unpaired) electrons. The van der Waals surface area contributed by atoms with Crippen LogP contribution in [-0.4, -0.2) is 169 Å². The van der Waals surface area contributed by atoms with E-state index in [0.29, 0.717) is 76.3 Å². The van der Waals surface area contributed by atoms with Gasteiger partial charge >= 0.3 is 0 Å². The third-order valence-corrected chi connectivity index (χ3v) is 20.6. The van der Waals surface area contributed by atoms with Crippen LogP contribution in [0.5, 0.6) is 34.5 Å². The van der Waals surface area contributed by atoms with Crippen LogP contribution < -0.4 is 28.4 Å². The molecular formula is C108H162O16. The summed E-state index contributed by atoms with van der Waals surface area (Å²) in [5.74, 6) is 10.4. The average Bonchev–Trinajstić information content (AvgIpc) is 1.62. The van der Waals surface area contributed by atoms with Crippen LogP contribution in [0.1, 0.15) is 200 Å². The summed E-state index contributed by atoms with van der Waals surface area (Å²) in [5.41, 5.74) is 13.6. The molecule has 19 rings (SSSR count). The van der Waals surface area contributed by atoms with Gasteiger partial charge < -0.3 is 75.8 Å². The highest BCUT2D eigenvalue weighted by Crippen LogP contribution is 2.58. The van der Waals surface area contributed by atoms with Gasteiger partial charge in [0.1, 0.15) is 123 Å². The highest BCUT2D eigenvalue weighted by Gasteiger charge is 2.49. The zero-order valence-corrected chi connectivity index (χ0v) is 81.0. The number of epoxide rings is 8. The van der Waals surface area contributed by atoms with Crippen molar-refractivity contribution < 1.29 is 75.8 Å². The standard InChI is InChI=1S/C18H18O4.C14H18O2.2C12H16O2.C10H12O2.C10H16.C10H8.2C4H8O2.7C2H6/c1-5-15(19-9-17-11-21-17)6-2-13(1)14-3-7-16(8-4-14)20-10-18-12-22-18;1-3-11(2)8-12-4-6-13(7-5-12)15-9-14-10-16-14;2*1-8-4-9(2)12(10(3)5-8)14-7-11-6-13-11;1-8-2-4-9(5-3-8)11-6-10-7-12-10;1-2-9-7-4-5-8(6-7)10(9)3-1;1-2-6-10-8-4-3-7-9(10)5-1;2*1-5-2-4-3-6-4;7*1-2/h1-8,17-18H,9-12H2;4-8,14H,3,9-10H2,1-2H3;2*4-5,11H,6-7H2,1-3H3;2-5,10H,6-7H2,1H3;7-10H,1-6H2;1-8H;2*4H,2-3H2,1H3;7*1-2H3. The lowest BCUT2D eigenvalue weighted by Crippen LogP contribution is -2.15. The molecule has 2 bridgehead atoms. The van der Waals surface area contributed by atoms with Gasteiger partial charge in [0.05, 0.1) is 66.1 Å². The second-order valence-corrected chi connectivity index (χ2v) is 30.6. The predicted octanol–water partition coefficient (Wildman–Crippen LogP) is 25.7. The van der Waals surface area contributed by atoms with E-state index in [2.05, 4.69) is 178 Å². The Labute approximate surface area is 750 Å². The molecule has 3 saturated carbocycles. The largest absolute Gasteiger partial charge is 0.491 e. The summed E-state index contributed by atoms with van der Waals surface area (Å²) in [4.78, 5) is 0. The van der Waals surface area contributed by atoms with E-state index >= 15 is 0 Å². The molecule has 0 N–H and O–H groups in total. The summed E-state index contributed by atoms with van der Waals surface area (Å²) < 4.78 is 83.5. The molecule has 8 aliphatic heterocycles. The van der Waals surface area contributed by atoms with E-state index in [4.69, 9.17) is 75.8 Å². The van der Waals surface area contributed by atoms with Gasteiger partial charge in [0, 0.05) is 14.2 Å². The topological polar surface area (TPSA) is 174 Å². The van der Waals surface area contributed by atoms with Crippen LogP contribution in [0.2, 0.25) is 0 Å². The molecule has 16 heteroatoms. The summed E-state index contributed by atoms with van der Waals surface area (Å²) in [6.07, 6.45) is 15.6. The van der Waals surface area contributed by atoms with Crippen molar-refractivity contribution in [2.24, 2.45) is 23.7 Å². The van der Waals surface area contributed by atoms with Crippen LogP contribution in [-0.2, 0) is 47.4 Å². The second-order valence-electron chi connectivity index (χ2n) is 30.6. The van der Waals surface area contributed by atoms with Crippen molar-refractivity contribution in [3.05, 3.63) is 220 Å². The van der Waals surface area contributed by atoms with Crippen molar-refractivity contribution in [3.8, 4) is 45.6 Å². The van der Waals surface area contributed by atoms with Gasteiger partial charge in [0.2, 0.25) is 0 Å². The molecule has 690 valence electrons. The number of aryl methyl sites for hydroxylation is 7. The van der Waals surface area contributed by atoms with Crippen LogP contribution in [0.4, 0.5) is 0 Å². The van der Waals surface area contributed by atoms with Crippen LogP contribution in [0, 0.1) is 72.1 Å². The number of allylic oxidation sites excluding steroid dienone is 1. The van der Waals surface area contributed by atoms with Crippen LogP contribution in [0.3, 0.4) is 0 Å². The molecule has 11 aliphatic rings. The maximum absolute atomic E-state index is 5.72. The van der Waals surface area contributed by atoms with Crippen molar-refractivity contribution in [2.75, 3.05) is 120 Å². The van der Waals surface area contributed by atoms with E-state index in [1.165, 1.54) is 84.5 Å². The van der Waals surface area contributed by atoms with Gasteiger partial charge in [-0.1, -0.05) is 260 Å². The molecule has 0 aromatic heterocycles. The number of hydrogen-bond acceptors (Lipinski definition) is 16. The Morgan fingerprint density at radius 3 is 0.815 bits per heavy atom. The Morgan fingerprint density at radius 1 is 0.315 bits per heavy atom. The maximum atomic E-state index is 5.72. The van der Waals surface area contributed by atoms with Crippen molar-refractivity contribution in [1.82, 2.24) is 0 Å². The SMILES string of the molecule is C1CC2C3CCC(C3)C2C1.CC.CC.CC.CC.CC.CC.CC.CCC(C)=Cc1ccc(OCC2CO2)cc1.COCC1CO1.COCC1CO1.Cc1cc(C)c(OCC2CO2)c(C)c1.Cc1cc(C)c(OCC2CO2)c(C)c1.Cc1ccc(OCC2CO2)cc1.c1cc(-c2ccc(OCC3CO3)cc2)ccc1OCC1CO1.c1ccc2ccccc2c1. The van der Waals surface area contributed by atoms with Crippen molar-refractivity contribution in [1.29, 1.82) is 0 Å². The van der Waals surface area contributed by atoms with E-state index < -0.39 is 0 Å². The third-order valence-electron chi connectivity index (χ3n) is 20.6. The monoisotopic (exact) mass is 1720 g/mol. The normalized spacial score (nSPS) is 21.6. The fourth-order valence-corrected chi connectivity index (χ4v) is 13.9. The summed E-state index contributed by atoms with van der Waals surface area (Å²) in [6.45, 7) is 59.3. The fourth-order valence-electron chi connectivity index (χ4n) is 13.9. The van der Waals surface area contributed by atoms with Gasteiger partial charge in [-0.05, 0) is 216 Å². The first-order valence-electron chi connectivity index (χ1n) is 46.9. The Bertz CT molecular complexity index is 3750. The number of ether oxygens (including phenoxy) is 16. The summed E-state index contributed by atoms with van der Waals surface area (Å²) in [7, 11) is 3.36. The highest BCUT2D eigenvalue weighted by molar-refractivity contribution is 5.82. The van der Waals surface area contributed by atoms with Gasteiger partial charge in [0.25, 0.3) is 0 Å². The summed E-state index contributed by atoms with van der Waals surface area (Å²) >= 11 is 0. The molecule has 0 spiro atoms. The lowest BCUT2D eigenvalue weighted by Gasteiger charge is -2.23. The van der Waals surface area contributed by atoms with Crippen molar-refractivity contribution >= 4 is 16.8 Å². The van der Waals surface area contributed by atoms with Crippen LogP contribution in [0.15, 0.2) is 175 Å². The average molecular weight is 1720 g/mol. The first kappa shape index (κ1) is 108. The molecule has 12 atom stereocenters. The van der Waals surface area contributed by atoms with Gasteiger partial charge in [0.15, 0.2) is 0 Å².